The number of aliphatic hydroxyl groups is 1. The lowest BCUT2D eigenvalue weighted by atomic mass is 10.0. The lowest BCUT2D eigenvalue weighted by Crippen LogP contribution is -2.50. The fourth-order valence-electron chi connectivity index (χ4n) is 4.61. The molecule has 0 bridgehead atoms. The molecule has 2 fully saturated rings. The monoisotopic (exact) mass is 457 g/mol. The van der Waals surface area contributed by atoms with E-state index in [1.54, 1.807) is 24.3 Å². The number of nitrogens with zero attached hydrogens (tertiary/aromatic N) is 2. The van der Waals surface area contributed by atoms with Gasteiger partial charge >= 0.3 is 5.97 Å². The summed E-state index contributed by atoms with van der Waals surface area (Å²) in [5.74, 6) is -0.853. The lowest BCUT2D eigenvalue weighted by Gasteiger charge is -2.34. The van der Waals surface area contributed by atoms with Crippen molar-refractivity contribution >= 4 is 29.2 Å². The average molecular weight is 458 g/mol. The van der Waals surface area contributed by atoms with Crippen molar-refractivity contribution in [3.05, 3.63) is 64.7 Å². The van der Waals surface area contributed by atoms with Crippen LogP contribution in [0.5, 0.6) is 0 Å². The molecule has 1 amide bonds. The zero-order valence-electron chi connectivity index (χ0n) is 17.8. The van der Waals surface area contributed by atoms with Crippen LogP contribution in [0.1, 0.15) is 28.8 Å². The van der Waals surface area contributed by atoms with Crippen molar-refractivity contribution in [1.29, 1.82) is 0 Å². The van der Waals surface area contributed by atoms with Crippen LogP contribution in [0.15, 0.2) is 48.5 Å². The molecule has 0 spiro atoms. The minimum absolute atomic E-state index is 0.0160. The van der Waals surface area contributed by atoms with Crippen LogP contribution in [0, 0.1) is 0 Å². The van der Waals surface area contributed by atoms with Crippen LogP contribution in [0.3, 0.4) is 0 Å². The van der Waals surface area contributed by atoms with Crippen molar-refractivity contribution in [3.63, 3.8) is 0 Å². The van der Waals surface area contributed by atoms with Gasteiger partial charge in [0.05, 0.1) is 18.6 Å². The fourth-order valence-corrected chi connectivity index (χ4v) is 4.73. The number of piperidine rings is 1. The number of para-hydroxylation sites is 1. The Labute approximate surface area is 192 Å². The second-order valence-corrected chi connectivity index (χ2v) is 8.95. The molecule has 32 heavy (non-hydrogen) atoms. The molecular weight excluding hydrogens is 430 g/mol. The number of aliphatic carboxylic acids is 1. The first-order valence-corrected chi connectivity index (χ1v) is 11.3. The topological polar surface area (TPSA) is 93.1 Å². The highest BCUT2D eigenvalue weighted by molar-refractivity contribution is 6.30. The van der Waals surface area contributed by atoms with Crippen LogP contribution >= 0.6 is 11.6 Å². The number of carbonyl (C=O) groups excluding carboxylic acids is 1. The molecule has 3 N–H and O–H groups in total. The van der Waals surface area contributed by atoms with E-state index in [4.69, 9.17) is 11.6 Å². The number of benzene rings is 2. The van der Waals surface area contributed by atoms with Gasteiger partial charge in [0, 0.05) is 48.5 Å². The first-order chi connectivity index (χ1) is 15.4. The van der Waals surface area contributed by atoms with Gasteiger partial charge < -0.3 is 25.3 Å². The van der Waals surface area contributed by atoms with E-state index in [0.29, 0.717) is 36.8 Å². The Kier molecular flexibility index (Phi) is 6.98. The summed E-state index contributed by atoms with van der Waals surface area (Å²) < 4.78 is 0. The molecule has 2 aliphatic heterocycles. The fraction of sp³-hybridized carbons (Fsp3) is 0.417. The molecule has 2 aliphatic rings. The van der Waals surface area contributed by atoms with Crippen LogP contribution in [0.2, 0.25) is 5.02 Å². The number of amides is 1. The van der Waals surface area contributed by atoms with Crippen LogP contribution in [-0.4, -0.2) is 71.4 Å². The number of carboxylic acid groups (broad SMARTS) is 1. The normalized spacial score (nSPS) is 21.7. The van der Waals surface area contributed by atoms with Gasteiger partial charge in [-0.2, -0.15) is 0 Å². The largest absolute Gasteiger partial charge is 0.481 e. The van der Waals surface area contributed by atoms with E-state index in [1.165, 1.54) is 0 Å². The van der Waals surface area contributed by atoms with E-state index in [2.05, 4.69) is 10.2 Å². The average Bonchev–Trinajstić information content (AvgIpc) is 3.14. The Morgan fingerprint density at radius 3 is 2.41 bits per heavy atom. The summed E-state index contributed by atoms with van der Waals surface area (Å²) in [5.41, 5.74) is 2.26. The number of hydrogen-bond donors (Lipinski definition) is 3. The Morgan fingerprint density at radius 2 is 1.72 bits per heavy atom. The predicted octanol–water partition coefficient (Wildman–Crippen LogP) is 2.41. The number of anilines is 1. The molecule has 0 aliphatic carbocycles. The number of aliphatic hydroxyl groups excluding tert-OH is 1. The molecule has 0 saturated carbocycles. The number of hydrogen-bond acceptors (Lipinski definition) is 5. The lowest BCUT2D eigenvalue weighted by molar-refractivity contribution is -0.136. The third-order valence-electron chi connectivity index (χ3n) is 6.29. The predicted molar refractivity (Wildman–Crippen MR) is 123 cm³/mol. The Bertz CT molecular complexity index is 960. The van der Waals surface area contributed by atoms with Crippen molar-refractivity contribution < 1.29 is 19.8 Å². The van der Waals surface area contributed by atoms with E-state index >= 15 is 0 Å². The van der Waals surface area contributed by atoms with E-state index in [0.717, 1.165) is 24.1 Å². The molecule has 4 rings (SSSR count). The summed E-state index contributed by atoms with van der Waals surface area (Å²) >= 11 is 5.91. The molecule has 2 atom stereocenters. The van der Waals surface area contributed by atoms with Crippen LogP contribution in [0.4, 0.5) is 5.69 Å². The van der Waals surface area contributed by atoms with Crippen molar-refractivity contribution in [1.82, 2.24) is 10.2 Å². The van der Waals surface area contributed by atoms with Crippen molar-refractivity contribution in [2.24, 2.45) is 0 Å². The summed E-state index contributed by atoms with van der Waals surface area (Å²) in [5, 5.41) is 24.0. The van der Waals surface area contributed by atoms with E-state index in [-0.39, 0.29) is 24.4 Å². The smallest absolute Gasteiger partial charge is 0.307 e. The molecule has 2 aromatic rings. The Morgan fingerprint density at radius 1 is 1.03 bits per heavy atom. The molecule has 170 valence electrons. The maximum Gasteiger partial charge on any atom is 0.307 e. The molecule has 7 nitrogen and oxygen atoms in total. The molecule has 0 radical (unpaired) electrons. The number of halogens is 1. The Hall–Kier alpha value is -2.61. The summed E-state index contributed by atoms with van der Waals surface area (Å²) in [7, 11) is 0. The van der Waals surface area contributed by atoms with Crippen molar-refractivity contribution in [3.8, 4) is 0 Å². The first kappa shape index (κ1) is 22.6. The summed E-state index contributed by atoms with van der Waals surface area (Å²) in [6.45, 7) is 2.39. The number of rotatable bonds is 6. The quantitative estimate of drug-likeness (QED) is 0.617. The van der Waals surface area contributed by atoms with Gasteiger partial charge in [0.1, 0.15) is 0 Å². The summed E-state index contributed by atoms with van der Waals surface area (Å²) in [4.78, 5) is 27.8. The number of carbonyl (C=O) groups is 2. The van der Waals surface area contributed by atoms with Gasteiger partial charge in [-0.15, -0.1) is 0 Å². The highest BCUT2D eigenvalue weighted by Crippen LogP contribution is 2.26. The van der Waals surface area contributed by atoms with Gasteiger partial charge in [0.2, 0.25) is 0 Å². The van der Waals surface area contributed by atoms with E-state index < -0.39 is 12.1 Å². The van der Waals surface area contributed by atoms with Crippen molar-refractivity contribution in [2.45, 2.75) is 37.5 Å². The first-order valence-electron chi connectivity index (χ1n) is 10.9. The van der Waals surface area contributed by atoms with Gasteiger partial charge in [-0.05, 0) is 48.7 Å². The van der Waals surface area contributed by atoms with Gasteiger partial charge in [-0.1, -0.05) is 29.8 Å². The van der Waals surface area contributed by atoms with Crippen LogP contribution < -0.4 is 10.2 Å². The summed E-state index contributed by atoms with van der Waals surface area (Å²) in [6.07, 6.45) is 1.05. The SMILES string of the molecule is O=C(O)Cc1ccccc1N1C[C@H](NC2CCN(C(=O)c3ccc(Cl)cc3)CC2)[C@@H](O)C1. The van der Waals surface area contributed by atoms with Gasteiger partial charge in [0.15, 0.2) is 0 Å². The van der Waals surface area contributed by atoms with Gasteiger partial charge in [-0.3, -0.25) is 9.59 Å². The maximum absolute atomic E-state index is 12.7. The number of nitrogens with one attached hydrogen (secondary N) is 1. The third-order valence-corrected chi connectivity index (χ3v) is 6.54. The number of likely N-dealkylation sites (tertiary alicyclic amines) is 1. The summed E-state index contributed by atoms with van der Waals surface area (Å²) in [6, 6.07) is 14.5. The number of β-amino-alcohol motifs (C(OH)–C–C–N with tert-alkyl or cyclic N) is 1. The van der Waals surface area contributed by atoms with E-state index in [9.17, 15) is 19.8 Å². The molecular formula is C24H28ClN3O4. The minimum atomic E-state index is -0.869. The molecule has 0 unspecified atom stereocenters. The highest BCUT2D eigenvalue weighted by atomic mass is 35.5. The van der Waals surface area contributed by atoms with Crippen LogP contribution in [-0.2, 0) is 11.2 Å². The molecule has 0 aromatic heterocycles. The second-order valence-electron chi connectivity index (χ2n) is 8.52. The zero-order valence-corrected chi connectivity index (χ0v) is 18.5. The molecule has 2 saturated heterocycles. The zero-order chi connectivity index (χ0) is 22.7. The van der Waals surface area contributed by atoms with Gasteiger partial charge in [-0.25, -0.2) is 0 Å². The molecule has 2 aromatic carbocycles. The standard InChI is InChI=1S/C24H28ClN3O4/c25-18-7-5-16(6-8-18)24(32)27-11-9-19(10-12-27)26-20-14-28(15-22(20)29)21-4-2-1-3-17(21)13-23(30)31/h1-8,19-20,22,26,29H,9-15H2,(H,30,31)/t20-,22-/m0/s1. The molecule has 8 heteroatoms. The van der Waals surface area contributed by atoms with Crippen molar-refractivity contribution in [2.75, 3.05) is 31.1 Å². The Balaban J connectivity index is 1.32. The molecule has 2 heterocycles. The second kappa shape index (κ2) is 9.90. The van der Waals surface area contributed by atoms with Gasteiger partial charge in [0.25, 0.3) is 5.91 Å². The maximum atomic E-state index is 12.7. The minimum Gasteiger partial charge on any atom is -0.481 e. The third kappa shape index (κ3) is 5.23. The number of carboxylic acids is 1. The highest BCUT2D eigenvalue weighted by Gasteiger charge is 2.35. The van der Waals surface area contributed by atoms with E-state index in [1.807, 2.05) is 29.2 Å². The van der Waals surface area contributed by atoms with Crippen LogP contribution in [0.25, 0.3) is 0 Å².